The summed E-state index contributed by atoms with van der Waals surface area (Å²) in [6, 6.07) is 10.6. The maximum atomic E-state index is 12.0. The molecule has 2 amide bonds. The van der Waals surface area contributed by atoms with Crippen LogP contribution in [0, 0.1) is 0 Å². The number of nitrogens with one attached hydrogen (secondary N) is 2. The molecular weight excluding hydrogens is 308 g/mol. The lowest BCUT2D eigenvalue weighted by atomic mass is 10.2. The van der Waals surface area contributed by atoms with Crippen LogP contribution in [0.1, 0.15) is 22.2 Å². The number of rotatable bonds is 5. The fraction of sp³-hybridized carbons (Fsp3) is 0.200. The minimum atomic E-state index is -0.165. The van der Waals surface area contributed by atoms with Crippen LogP contribution in [0.3, 0.4) is 0 Å². The molecule has 1 aromatic heterocycles. The van der Waals surface area contributed by atoms with E-state index < -0.39 is 0 Å². The fourth-order valence-corrected chi connectivity index (χ4v) is 2.92. The molecule has 6 heteroatoms. The molecule has 0 aliphatic heterocycles. The molecule has 0 radical (unpaired) electrons. The monoisotopic (exact) mass is 322 g/mol. The maximum absolute atomic E-state index is 12.0. The summed E-state index contributed by atoms with van der Waals surface area (Å²) < 4.78 is 0.749. The summed E-state index contributed by atoms with van der Waals surface area (Å²) in [6.07, 6.45) is 0.745. The van der Waals surface area contributed by atoms with Crippen LogP contribution in [0.25, 0.3) is 0 Å². The van der Waals surface area contributed by atoms with E-state index in [1.54, 1.807) is 24.3 Å². The van der Waals surface area contributed by atoms with Gasteiger partial charge in [-0.05, 0) is 36.8 Å². The van der Waals surface area contributed by atoms with E-state index in [-0.39, 0.29) is 11.8 Å². The molecule has 0 bridgehead atoms. The van der Waals surface area contributed by atoms with Gasteiger partial charge >= 0.3 is 0 Å². The highest BCUT2D eigenvalue weighted by Crippen LogP contribution is 2.21. The predicted molar refractivity (Wildman–Crippen MR) is 86.1 cm³/mol. The molecule has 0 saturated carbocycles. The predicted octanol–water partition coefficient (Wildman–Crippen LogP) is 3.33. The molecule has 0 saturated heterocycles. The zero-order valence-electron chi connectivity index (χ0n) is 11.5. The minimum Gasteiger partial charge on any atom is -0.352 e. The third-order valence-corrected chi connectivity index (χ3v) is 4.02. The number of halogens is 1. The van der Waals surface area contributed by atoms with E-state index in [1.807, 2.05) is 12.1 Å². The van der Waals surface area contributed by atoms with Crippen LogP contribution in [0.4, 0.5) is 5.69 Å². The van der Waals surface area contributed by atoms with E-state index in [4.69, 9.17) is 11.6 Å². The van der Waals surface area contributed by atoms with E-state index in [9.17, 15) is 9.59 Å². The van der Waals surface area contributed by atoms with E-state index in [0.717, 1.165) is 15.6 Å². The fourth-order valence-electron chi connectivity index (χ4n) is 1.83. The average Bonchev–Trinajstić information content (AvgIpc) is 2.84. The van der Waals surface area contributed by atoms with Crippen LogP contribution in [0.5, 0.6) is 0 Å². The highest BCUT2D eigenvalue weighted by atomic mass is 35.5. The number of thiophene rings is 1. The molecule has 4 nitrogen and oxygen atoms in total. The Morgan fingerprint density at radius 3 is 2.71 bits per heavy atom. The van der Waals surface area contributed by atoms with Crippen molar-refractivity contribution in [2.24, 2.45) is 0 Å². The van der Waals surface area contributed by atoms with Gasteiger partial charge in [-0.2, -0.15) is 0 Å². The van der Waals surface area contributed by atoms with Crippen molar-refractivity contribution >= 4 is 40.4 Å². The molecule has 0 aliphatic carbocycles. The maximum Gasteiger partial charge on any atom is 0.251 e. The number of hydrogen-bond donors (Lipinski definition) is 2. The Kier molecular flexibility index (Phi) is 5.36. The minimum absolute atomic E-state index is 0.162. The van der Waals surface area contributed by atoms with Gasteiger partial charge in [0.25, 0.3) is 5.91 Å². The van der Waals surface area contributed by atoms with E-state index in [0.29, 0.717) is 17.8 Å². The van der Waals surface area contributed by atoms with Gasteiger partial charge in [0.05, 0.1) is 4.34 Å². The number of anilines is 1. The lowest BCUT2D eigenvalue weighted by Crippen LogP contribution is -2.25. The average molecular weight is 323 g/mol. The van der Waals surface area contributed by atoms with Gasteiger partial charge in [0, 0.05) is 29.6 Å². The van der Waals surface area contributed by atoms with Crippen LogP contribution in [-0.4, -0.2) is 18.4 Å². The molecule has 0 fully saturated rings. The molecule has 0 spiro atoms. The zero-order valence-corrected chi connectivity index (χ0v) is 13.1. The molecule has 110 valence electrons. The van der Waals surface area contributed by atoms with Crippen molar-refractivity contribution in [3.63, 3.8) is 0 Å². The van der Waals surface area contributed by atoms with Gasteiger partial charge in [0.1, 0.15) is 0 Å². The molecule has 2 aromatic rings. The molecule has 1 heterocycles. The zero-order chi connectivity index (χ0) is 15.2. The van der Waals surface area contributed by atoms with Crippen molar-refractivity contribution in [3.05, 3.63) is 51.2 Å². The Hall–Kier alpha value is -1.85. The molecule has 0 aliphatic rings. The van der Waals surface area contributed by atoms with E-state index >= 15 is 0 Å². The Bertz CT molecular complexity index is 655. The van der Waals surface area contributed by atoms with Crippen LogP contribution < -0.4 is 10.6 Å². The number of benzene rings is 1. The lowest BCUT2D eigenvalue weighted by Gasteiger charge is -2.07. The smallest absolute Gasteiger partial charge is 0.251 e. The van der Waals surface area contributed by atoms with Gasteiger partial charge in [-0.3, -0.25) is 9.59 Å². The first-order valence-corrected chi connectivity index (χ1v) is 7.64. The van der Waals surface area contributed by atoms with Gasteiger partial charge < -0.3 is 10.6 Å². The normalized spacial score (nSPS) is 10.2. The molecule has 21 heavy (non-hydrogen) atoms. The second-order valence-electron chi connectivity index (χ2n) is 4.47. The third kappa shape index (κ3) is 4.88. The summed E-state index contributed by atoms with van der Waals surface area (Å²) in [5.41, 5.74) is 1.13. The second-order valence-corrected chi connectivity index (χ2v) is 6.27. The summed E-state index contributed by atoms with van der Waals surface area (Å²) in [6.45, 7) is 1.97. The van der Waals surface area contributed by atoms with Gasteiger partial charge in [0.2, 0.25) is 5.91 Å². The molecular formula is C15H15ClN2O2S. The lowest BCUT2D eigenvalue weighted by molar-refractivity contribution is -0.114. The van der Waals surface area contributed by atoms with Crippen molar-refractivity contribution in [2.75, 3.05) is 11.9 Å². The first-order chi connectivity index (χ1) is 10.0. The topological polar surface area (TPSA) is 58.2 Å². The van der Waals surface area contributed by atoms with E-state index in [2.05, 4.69) is 10.6 Å². The standard InChI is InChI=1S/C15H15ClN2O2S/c1-10(19)18-12-4-2-3-11(9-12)15(20)17-8-7-13-5-6-14(16)21-13/h2-6,9H,7-8H2,1H3,(H,17,20)(H,18,19). The van der Waals surface area contributed by atoms with Gasteiger partial charge in [0.15, 0.2) is 0 Å². The van der Waals surface area contributed by atoms with Crippen LogP contribution >= 0.6 is 22.9 Å². The van der Waals surface area contributed by atoms with Gasteiger partial charge in [-0.1, -0.05) is 17.7 Å². The van der Waals surface area contributed by atoms with Crippen molar-refractivity contribution < 1.29 is 9.59 Å². The van der Waals surface area contributed by atoms with Crippen LogP contribution in [0.15, 0.2) is 36.4 Å². The van der Waals surface area contributed by atoms with Gasteiger partial charge in [-0.25, -0.2) is 0 Å². The molecule has 2 rings (SSSR count). The number of amides is 2. The Labute approximate surface area is 132 Å². The molecule has 0 atom stereocenters. The second kappa shape index (κ2) is 7.24. The van der Waals surface area contributed by atoms with Crippen molar-refractivity contribution in [2.45, 2.75) is 13.3 Å². The summed E-state index contributed by atoms with van der Waals surface area (Å²) in [5, 5.41) is 5.50. The van der Waals surface area contributed by atoms with E-state index in [1.165, 1.54) is 18.3 Å². The largest absolute Gasteiger partial charge is 0.352 e. The number of carbonyl (C=O) groups excluding carboxylic acids is 2. The van der Waals surface area contributed by atoms with Crippen molar-refractivity contribution in [1.82, 2.24) is 5.32 Å². The van der Waals surface area contributed by atoms with Gasteiger partial charge in [-0.15, -0.1) is 11.3 Å². The van der Waals surface area contributed by atoms with Crippen molar-refractivity contribution in [1.29, 1.82) is 0 Å². The SMILES string of the molecule is CC(=O)Nc1cccc(C(=O)NCCc2ccc(Cl)s2)c1. The number of carbonyl (C=O) groups is 2. The molecule has 2 N–H and O–H groups in total. The number of hydrogen-bond acceptors (Lipinski definition) is 3. The first-order valence-electron chi connectivity index (χ1n) is 6.44. The first kappa shape index (κ1) is 15.5. The highest BCUT2D eigenvalue weighted by Gasteiger charge is 2.07. The summed E-state index contributed by atoms with van der Waals surface area (Å²) in [5.74, 6) is -0.327. The Balaban J connectivity index is 1.89. The van der Waals surface area contributed by atoms with Crippen molar-refractivity contribution in [3.8, 4) is 0 Å². The Morgan fingerprint density at radius 2 is 2.05 bits per heavy atom. The summed E-state index contributed by atoms with van der Waals surface area (Å²) in [4.78, 5) is 24.2. The molecule has 0 unspecified atom stereocenters. The Morgan fingerprint density at radius 1 is 1.24 bits per heavy atom. The highest BCUT2D eigenvalue weighted by molar-refractivity contribution is 7.16. The summed E-state index contributed by atoms with van der Waals surface area (Å²) >= 11 is 7.36. The quantitative estimate of drug-likeness (QED) is 0.887. The van der Waals surface area contributed by atoms with Crippen LogP contribution in [0.2, 0.25) is 4.34 Å². The van der Waals surface area contributed by atoms with Crippen LogP contribution in [-0.2, 0) is 11.2 Å². The molecule has 1 aromatic carbocycles. The third-order valence-electron chi connectivity index (χ3n) is 2.73. The summed E-state index contributed by atoms with van der Waals surface area (Å²) in [7, 11) is 0.